The fraction of sp³-hybridized carbons (Fsp3) is 0.333. The normalized spacial score (nSPS) is 12.7. The molecule has 102 valence electrons. The van der Waals surface area contributed by atoms with Crippen LogP contribution in [0.2, 0.25) is 0 Å². The van der Waals surface area contributed by atoms with E-state index in [4.69, 9.17) is 9.63 Å². The highest BCUT2D eigenvalue weighted by Gasteiger charge is 2.15. The molecule has 1 atom stereocenters. The Morgan fingerprint density at radius 2 is 1.89 bits per heavy atom. The van der Waals surface area contributed by atoms with Crippen molar-refractivity contribution in [2.75, 3.05) is 0 Å². The van der Waals surface area contributed by atoms with Gasteiger partial charge in [0.1, 0.15) is 0 Å². The topological polar surface area (TPSA) is 59.2 Å². The van der Waals surface area contributed by atoms with Crippen molar-refractivity contribution in [3.8, 4) is 11.4 Å². The molecule has 1 N–H and O–H groups in total. The summed E-state index contributed by atoms with van der Waals surface area (Å²) in [5.41, 5.74) is -0.0107. The number of aromatic nitrogens is 2. The lowest BCUT2D eigenvalue weighted by Crippen LogP contribution is -2.01. The van der Waals surface area contributed by atoms with E-state index >= 15 is 0 Å². The Hall–Kier alpha value is -1.89. The average molecular weight is 272 g/mol. The Morgan fingerprint density at radius 3 is 2.47 bits per heavy atom. The van der Waals surface area contributed by atoms with Crippen molar-refractivity contribution in [3.05, 3.63) is 35.5 Å². The van der Waals surface area contributed by atoms with Crippen LogP contribution in [0.3, 0.4) is 0 Å². The molecule has 0 saturated heterocycles. The Labute approximate surface area is 106 Å². The molecule has 0 aliphatic carbocycles. The molecule has 4 nitrogen and oxygen atoms in total. The van der Waals surface area contributed by atoms with Gasteiger partial charge in [-0.1, -0.05) is 5.16 Å². The van der Waals surface area contributed by atoms with Crippen LogP contribution >= 0.6 is 0 Å². The van der Waals surface area contributed by atoms with Gasteiger partial charge >= 0.3 is 0 Å². The van der Waals surface area contributed by atoms with E-state index in [2.05, 4.69) is 10.1 Å². The highest BCUT2D eigenvalue weighted by Crippen LogP contribution is 2.21. The van der Waals surface area contributed by atoms with Crippen molar-refractivity contribution < 1.29 is 22.8 Å². The molecule has 2 aromatic rings. The minimum Gasteiger partial charge on any atom is -0.393 e. The van der Waals surface area contributed by atoms with Crippen LogP contribution in [0.25, 0.3) is 11.4 Å². The van der Waals surface area contributed by atoms with E-state index in [0.29, 0.717) is 12.8 Å². The van der Waals surface area contributed by atoms with Gasteiger partial charge in [0.05, 0.1) is 6.10 Å². The molecule has 0 amide bonds. The van der Waals surface area contributed by atoms with Gasteiger partial charge in [0.15, 0.2) is 17.5 Å². The fourth-order valence-electron chi connectivity index (χ4n) is 1.49. The number of hydrogen-bond donors (Lipinski definition) is 1. The lowest BCUT2D eigenvalue weighted by molar-refractivity contribution is 0.180. The summed E-state index contributed by atoms with van der Waals surface area (Å²) in [6.45, 7) is 1.61. The minimum atomic E-state index is -1.54. The number of aliphatic hydroxyl groups is 1. The molecule has 1 aromatic heterocycles. The number of aliphatic hydroxyl groups excluding tert-OH is 1. The van der Waals surface area contributed by atoms with Crippen LogP contribution in [0.4, 0.5) is 13.2 Å². The molecule has 0 radical (unpaired) electrons. The van der Waals surface area contributed by atoms with Crippen molar-refractivity contribution in [2.45, 2.75) is 25.9 Å². The van der Waals surface area contributed by atoms with E-state index in [0.717, 1.165) is 12.1 Å². The first-order valence-corrected chi connectivity index (χ1v) is 5.63. The van der Waals surface area contributed by atoms with Gasteiger partial charge in [-0.3, -0.25) is 0 Å². The molecule has 19 heavy (non-hydrogen) atoms. The van der Waals surface area contributed by atoms with E-state index in [-0.39, 0.29) is 17.3 Å². The maximum absolute atomic E-state index is 13.1. The van der Waals surface area contributed by atoms with E-state index < -0.39 is 23.6 Å². The molecule has 0 bridgehead atoms. The minimum absolute atomic E-state index is 0.0107. The van der Waals surface area contributed by atoms with Crippen molar-refractivity contribution in [3.63, 3.8) is 0 Å². The highest BCUT2D eigenvalue weighted by atomic mass is 19.2. The van der Waals surface area contributed by atoms with Crippen LogP contribution < -0.4 is 0 Å². The standard InChI is InChI=1S/C12H11F3N2O2/c1-6(18)2-3-10-16-12(17-19-10)7-4-8(13)11(15)9(14)5-7/h4-6,18H,2-3H2,1H3. The second-order valence-corrected chi connectivity index (χ2v) is 4.15. The molecule has 7 heteroatoms. The third kappa shape index (κ3) is 3.11. The summed E-state index contributed by atoms with van der Waals surface area (Å²) < 4.78 is 43.8. The molecule has 0 spiro atoms. The number of hydrogen-bond acceptors (Lipinski definition) is 4. The molecule has 1 heterocycles. The largest absolute Gasteiger partial charge is 0.393 e. The maximum Gasteiger partial charge on any atom is 0.227 e. The van der Waals surface area contributed by atoms with Crippen LogP contribution in [0.1, 0.15) is 19.2 Å². The summed E-state index contributed by atoms with van der Waals surface area (Å²) in [6.07, 6.45) is 0.251. The number of rotatable bonds is 4. The lowest BCUT2D eigenvalue weighted by Gasteiger charge is -1.99. The quantitative estimate of drug-likeness (QED) is 0.869. The first kappa shape index (κ1) is 13.5. The van der Waals surface area contributed by atoms with Gasteiger partial charge in [0, 0.05) is 12.0 Å². The van der Waals surface area contributed by atoms with E-state index in [1.54, 1.807) is 6.92 Å². The van der Waals surface area contributed by atoms with Gasteiger partial charge in [-0.2, -0.15) is 4.98 Å². The molecule has 1 unspecified atom stereocenters. The molecule has 0 fully saturated rings. The second-order valence-electron chi connectivity index (χ2n) is 4.15. The molecule has 2 rings (SSSR count). The predicted molar refractivity (Wildman–Crippen MR) is 59.6 cm³/mol. The zero-order valence-corrected chi connectivity index (χ0v) is 10.0. The molecule has 1 aromatic carbocycles. The van der Waals surface area contributed by atoms with Crippen LogP contribution in [0, 0.1) is 17.5 Å². The van der Waals surface area contributed by atoms with E-state index in [1.807, 2.05) is 0 Å². The Balaban J connectivity index is 2.23. The van der Waals surface area contributed by atoms with Crippen LogP contribution in [-0.2, 0) is 6.42 Å². The zero-order chi connectivity index (χ0) is 14.0. The van der Waals surface area contributed by atoms with Crippen molar-refractivity contribution in [1.82, 2.24) is 10.1 Å². The first-order chi connectivity index (χ1) is 8.97. The average Bonchev–Trinajstić information content (AvgIpc) is 2.81. The van der Waals surface area contributed by atoms with Gasteiger partial charge < -0.3 is 9.63 Å². The number of nitrogens with zero attached hydrogens (tertiary/aromatic N) is 2. The van der Waals surface area contributed by atoms with Crippen molar-refractivity contribution >= 4 is 0 Å². The van der Waals surface area contributed by atoms with Crippen LogP contribution in [0.5, 0.6) is 0 Å². The Bertz CT molecular complexity index is 561. The number of halogens is 3. The number of benzene rings is 1. The summed E-state index contributed by atoms with van der Waals surface area (Å²) in [5, 5.41) is 12.7. The van der Waals surface area contributed by atoms with Crippen LogP contribution in [-0.4, -0.2) is 21.4 Å². The molecule has 0 aliphatic rings. The summed E-state index contributed by atoms with van der Waals surface area (Å²) in [4.78, 5) is 3.92. The molecule has 0 aliphatic heterocycles. The lowest BCUT2D eigenvalue weighted by atomic mass is 10.2. The SMILES string of the molecule is CC(O)CCc1nc(-c2cc(F)c(F)c(F)c2)no1. The van der Waals surface area contributed by atoms with Crippen LogP contribution in [0.15, 0.2) is 16.7 Å². The van der Waals surface area contributed by atoms with Crippen molar-refractivity contribution in [2.24, 2.45) is 0 Å². The Morgan fingerprint density at radius 1 is 1.26 bits per heavy atom. The summed E-state index contributed by atoms with van der Waals surface area (Å²) >= 11 is 0. The summed E-state index contributed by atoms with van der Waals surface area (Å²) in [5.74, 6) is -3.96. The highest BCUT2D eigenvalue weighted by molar-refractivity contribution is 5.54. The monoisotopic (exact) mass is 272 g/mol. The fourth-order valence-corrected chi connectivity index (χ4v) is 1.49. The Kier molecular flexibility index (Phi) is 3.84. The molecule has 0 saturated carbocycles. The van der Waals surface area contributed by atoms with Gasteiger partial charge in [-0.05, 0) is 25.5 Å². The summed E-state index contributed by atoms with van der Waals surface area (Å²) in [7, 11) is 0. The van der Waals surface area contributed by atoms with E-state index in [9.17, 15) is 13.2 Å². The number of aryl methyl sites for hydroxylation is 1. The van der Waals surface area contributed by atoms with Gasteiger partial charge in [-0.25, -0.2) is 13.2 Å². The second kappa shape index (κ2) is 5.40. The molecular weight excluding hydrogens is 261 g/mol. The van der Waals surface area contributed by atoms with Gasteiger partial charge in [0.25, 0.3) is 0 Å². The smallest absolute Gasteiger partial charge is 0.227 e. The third-order valence-corrected chi connectivity index (χ3v) is 2.49. The molecular formula is C12H11F3N2O2. The zero-order valence-electron chi connectivity index (χ0n) is 10.0. The van der Waals surface area contributed by atoms with Gasteiger partial charge in [-0.15, -0.1) is 0 Å². The van der Waals surface area contributed by atoms with Gasteiger partial charge in [0.2, 0.25) is 11.7 Å². The third-order valence-electron chi connectivity index (χ3n) is 2.49. The first-order valence-electron chi connectivity index (χ1n) is 5.63. The van der Waals surface area contributed by atoms with Crippen molar-refractivity contribution in [1.29, 1.82) is 0 Å². The summed E-state index contributed by atoms with van der Waals surface area (Å²) in [6, 6.07) is 1.59. The maximum atomic E-state index is 13.1. The predicted octanol–water partition coefficient (Wildman–Crippen LogP) is 2.47. The van der Waals surface area contributed by atoms with E-state index in [1.165, 1.54) is 0 Å².